The van der Waals surface area contributed by atoms with Crippen LogP contribution in [0.5, 0.6) is 5.88 Å². The predicted molar refractivity (Wildman–Crippen MR) is 157 cm³/mol. The molecule has 0 radical (unpaired) electrons. The molecule has 2 atom stereocenters. The van der Waals surface area contributed by atoms with Crippen LogP contribution in [0.25, 0.3) is 11.4 Å². The highest BCUT2D eigenvalue weighted by Gasteiger charge is 2.40. The van der Waals surface area contributed by atoms with Gasteiger partial charge in [0.05, 0.1) is 5.56 Å². The minimum Gasteiger partial charge on any atom is -0.358 e. The summed E-state index contributed by atoms with van der Waals surface area (Å²) in [5.41, 5.74) is 4.39. The van der Waals surface area contributed by atoms with Crippen LogP contribution in [0.15, 0.2) is 46.6 Å². The molecule has 1 aromatic carbocycles. The molecule has 1 aliphatic heterocycles. The van der Waals surface area contributed by atoms with Crippen molar-refractivity contribution >= 4 is 21.9 Å². The monoisotopic (exact) mass is 565 g/mol. The molecule has 3 heterocycles. The zero-order chi connectivity index (χ0) is 27.9. The molecule has 2 aliphatic rings. The molecule has 3 aromatic rings. The van der Waals surface area contributed by atoms with Gasteiger partial charge in [0, 0.05) is 29.1 Å². The standard InChI is InChI=1S/C31H39N3O3S2/c1-18(2)22-16-24(19(3)4)28(25(17-22)20(5)6)39(35,36)37-30-27-23-10-8-7-9-11-26(23)38-31(27)34-29(33-30)21-12-14-32-15-13-21/h12-20,23,26H,7-11H2,1-6H3. The van der Waals surface area contributed by atoms with E-state index in [2.05, 4.69) is 18.8 Å². The highest BCUT2D eigenvalue weighted by Crippen LogP contribution is 2.53. The lowest BCUT2D eigenvalue weighted by atomic mass is 9.89. The minimum absolute atomic E-state index is 0.0138. The van der Waals surface area contributed by atoms with Gasteiger partial charge < -0.3 is 4.18 Å². The fraction of sp³-hybridized carbons (Fsp3) is 0.516. The van der Waals surface area contributed by atoms with Crippen molar-refractivity contribution in [3.05, 3.63) is 58.9 Å². The van der Waals surface area contributed by atoms with E-state index in [0.717, 1.165) is 52.1 Å². The average molecular weight is 566 g/mol. The number of hydrogen-bond donors (Lipinski definition) is 0. The third-order valence-electron chi connectivity index (χ3n) is 7.92. The molecule has 5 rings (SSSR count). The second kappa shape index (κ2) is 11.2. The van der Waals surface area contributed by atoms with E-state index in [-0.39, 0.29) is 34.4 Å². The van der Waals surface area contributed by atoms with E-state index >= 15 is 0 Å². The van der Waals surface area contributed by atoms with Crippen molar-refractivity contribution in [1.82, 2.24) is 15.0 Å². The van der Waals surface area contributed by atoms with Crippen LogP contribution in [0.2, 0.25) is 0 Å². The fourth-order valence-corrected chi connectivity index (χ4v) is 8.84. The number of thioether (sulfide) groups is 1. The van der Waals surface area contributed by atoms with E-state index in [1.807, 2.05) is 52.0 Å². The Labute approximate surface area is 237 Å². The first-order valence-electron chi connectivity index (χ1n) is 14.2. The summed E-state index contributed by atoms with van der Waals surface area (Å²) in [6, 6.07) is 7.77. The Morgan fingerprint density at radius 1 is 0.872 bits per heavy atom. The number of pyridine rings is 1. The fourth-order valence-electron chi connectivity index (χ4n) is 5.74. The molecule has 0 bridgehead atoms. The van der Waals surface area contributed by atoms with Crippen LogP contribution in [0.1, 0.15) is 120 Å². The lowest BCUT2D eigenvalue weighted by Gasteiger charge is -2.23. The summed E-state index contributed by atoms with van der Waals surface area (Å²) in [5, 5.41) is 1.22. The largest absolute Gasteiger partial charge is 0.358 e. The van der Waals surface area contributed by atoms with Crippen molar-refractivity contribution in [2.75, 3.05) is 0 Å². The first-order valence-corrected chi connectivity index (χ1v) is 16.5. The maximum atomic E-state index is 14.3. The van der Waals surface area contributed by atoms with Gasteiger partial charge in [0.2, 0.25) is 5.88 Å². The van der Waals surface area contributed by atoms with Gasteiger partial charge in [-0.15, -0.1) is 11.8 Å². The summed E-state index contributed by atoms with van der Waals surface area (Å²) >= 11 is 1.76. The van der Waals surface area contributed by atoms with E-state index in [0.29, 0.717) is 11.1 Å². The molecule has 1 saturated carbocycles. The Kier molecular flexibility index (Phi) is 8.07. The summed E-state index contributed by atoms with van der Waals surface area (Å²) in [6.07, 6.45) is 8.97. The van der Waals surface area contributed by atoms with Gasteiger partial charge in [0.1, 0.15) is 9.92 Å². The highest BCUT2D eigenvalue weighted by atomic mass is 32.2. The second-order valence-corrected chi connectivity index (χ2v) is 14.4. The van der Waals surface area contributed by atoms with Gasteiger partial charge in [0.15, 0.2) is 5.82 Å². The Morgan fingerprint density at radius 3 is 2.13 bits per heavy atom. The number of benzene rings is 1. The maximum Gasteiger partial charge on any atom is 0.341 e. The SMILES string of the molecule is CC(C)c1cc(C(C)C)c(S(=O)(=O)Oc2nc(-c3ccncc3)nc3c2C2CCCCCC2S3)c(C(C)C)c1. The number of rotatable bonds is 7. The topological polar surface area (TPSA) is 82.0 Å². The van der Waals surface area contributed by atoms with Crippen LogP contribution in [-0.4, -0.2) is 28.6 Å². The Morgan fingerprint density at radius 2 is 1.51 bits per heavy atom. The molecule has 0 spiro atoms. The molecule has 2 aromatic heterocycles. The third-order valence-corrected chi connectivity index (χ3v) is 10.7. The zero-order valence-electron chi connectivity index (χ0n) is 23.8. The maximum absolute atomic E-state index is 14.3. The number of fused-ring (bicyclic) bond motifs is 3. The Balaban J connectivity index is 1.68. The minimum atomic E-state index is -4.19. The summed E-state index contributed by atoms with van der Waals surface area (Å²) in [7, 11) is -4.19. The zero-order valence-corrected chi connectivity index (χ0v) is 25.4. The lowest BCUT2D eigenvalue weighted by molar-refractivity contribution is 0.459. The smallest absolute Gasteiger partial charge is 0.341 e. The number of hydrogen-bond acceptors (Lipinski definition) is 7. The highest BCUT2D eigenvalue weighted by molar-refractivity contribution is 8.00. The molecular formula is C31H39N3O3S2. The van der Waals surface area contributed by atoms with Crippen LogP contribution in [-0.2, 0) is 10.1 Å². The average Bonchev–Trinajstić information content (AvgIpc) is 3.09. The molecule has 1 aliphatic carbocycles. The van der Waals surface area contributed by atoms with E-state index < -0.39 is 10.1 Å². The summed E-state index contributed by atoms with van der Waals surface area (Å²) in [5.74, 6) is 1.16. The van der Waals surface area contributed by atoms with E-state index in [4.69, 9.17) is 14.2 Å². The van der Waals surface area contributed by atoms with Gasteiger partial charge in [0.25, 0.3) is 0 Å². The first kappa shape index (κ1) is 28.1. The van der Waals surface area contributed by atoms with Gasteiger partial charge in [-0.2, -0.15) is 13.4 Å². The predicted octanol–water partition coefficient (Wildman–Crippen LogP) is 8.20. The van der Waals surface area contributed by atoms with Crippen molar-refractivity contribution in [3.8, 4) is 17.3 Å². The molecule has 0 amide bonds. The van der Waals surface area contributed by atoms with Crippen molar-refractivity contribution in [2.45, 2.75) is 112 Å². The van der Waals surface area contributed by atoms with E-state index in [1.165, 1.54) is 12.8 Å². The number of aromatic nitrogens is 3. The van der Waals surface area contributed by atoms with Crippen molar-refractivity contribution in [3.63, 3.8) is 0 Å². The van der Waals surface area contributed by atoms with Gasteiger partial charge >= 0.3 is 10.1 Å². The Bertz CT molecular complexity index is 1420. The molecule has 208 valence electrons. The second-order valence-electron chi connectivity index (χ2n) is 11.7. The van der Waals surface area contributed by atoms with Gasteiger partial charge in [-0.3, -0.25) is 4.98 Å². The molecule has 8 heteroatoms. The van der Waals surface area contributed by atoms with Gasteiger partial charge in [-0.1, -0.05) is 72.9 Å². The first-order chi connectivity index (χ1) is 18.6. The van der Waals surface area contributed by atoms with Crippen molar-refractivity contribution in [1.29, 1.82) is 0 Å². The molecule has 39 heavy (non-hydrogen) atoms. The summed E-state index contributed by atoms with van der Waals surface area (Å²) < 4.78 is 34.8. The Hall–Kier alpha value is -2.45. The quantitative estimate of drug-likeness (QED) is 0.211. The lowest BCUT2D eigenvalue weighted by Crippen LogP contribution is -2.19. The van der Waals surface area contributed by atoms with Crippen LogP contribution in [0, 0.1) is 0 Å². The molecule has 0 N–H and O–H groups in total. The summed E-state index contributed by atoms with van der Waals surface area (Å²) in [6.45, 7) is 12.4. The summed E-state index contributed by atoms with van der Waals surface area (Å²) in [4.78, 5) is 14.1. The van der Waals surface area contributed by atoms with E-state index in [9.17, 15) is 8.42 Å². The molecule has 1 fully saturated rings. The van der Waals surface area contributed by atoms with Crippen molar-refractivity contribution in [2.24, 2.45) is 0 Å². The third kappa shape index (κ3) is 5.60. The van der Waals surface area contributed by atoms with E-state index in [1.54, 1.807) is 24.2 Å². The number of nitrogens with zero attached hydrogens (tertiary/aromatic N) is 3. The van der Waals surface area contributed by atoms with Gasteiger partial charge in [-0.25, -0.2) is 4.98 Å². The van der Waals surface area contributed by atoms with Gasteiger partial charge in [-0.05, 0) is 59.4 Å². The van der Waals surface area contributed by atoms with Crippen LogP contribution < -0.4 is 4.18 Å². The van der Waals surface area contributed by atoms with Crippen LogP contribution in [0.4, 0.5) is 0 Å². The van der Waals surface area contributed by atoms with Crippen molar-refractivity contribution < 1.29 is 12.6 Å². The van der Waals surface area contributed by atoms with Crippen LogP contribution >= 0.6 is 11.8 Å². The molecule has 6 nitrogen and oxygen atoms in total. The molecule has 0 saturated heterocycles. The molecule has 2 unspecified atom stereocenters. The van der Waals surface area contributed by atoms with Crippen LogP contribution in [0.3, 0.4) is 0 Å². The molecular weight excluding hydrogens is 526 g/mol. The normalized spacial score (nSPS) is 19.3.